The summed E-state index contributed by atoms with van der Waals surface area (Å²) in [6, 6.07) is 13.1. The number of nitrogens with zero attached hydrogens (tertiary/aromatic N) is 2. The summed E-state index contributed by atoms with van der Waals surface area (Å²) in [5, 5.41) is 5.08. The Labute approximate surface area is 218 Å². The van der Waals surface area contributed by atoms with Gasteiger partial charge in [-0.2, -0.15) is 5.70 Å². The fourth-order valence-corrected chi connectivity index (χ4v) is 4.00. The van der Waals surface area contributed by atoms with Gasteiger partial charge in [0, 0.05) is 5.71 Å². The molecule has 0 heterocycles. The van der Waals surface area contributed by atoms with Crippen molar-refractivity contribution in [2.24, 2.45) is 4.99 Å². The van der Waals surface area contributed by atoms with E-state index in [1.807, 2.05) is 0 Å². The summed E-state index contributed by atoms with van der Waals surface area (Å²) < 4.78 is 0. The number of rotatable bonds is 8. The van der Waals surface area contributed by atoms with Crippen LogP contribution < -0.4 is 0 Å². The van der Waals surface area contributed by atoms with Crippen molar-refractivity contribution in [3.05, 3.63) is 75.7 Å². The molecular formula is C29H43AlN2O2. The van der Waals surface area contributed by atoms with Crippen LogP contribution in [0.25, 0.3) is 5.32 Å². The summed E-state index contributed by atoms with van der Waals surface area (Å²) in [7, 11) is 0. The first-order valence-corrected chi connectivity index (χ1v) is 11.7. The molecule has 2 aromatic carbocycles. The van der Waals surface area contributed by atoms with Gasteiger partial charge in [-0.25, -0.2) is 0 Å². The van der Waals surface area contributed by atoms with Gasteiger partial charge in [0.2, 0.25) is 0 Å². The molecule has 0 saturated heterocycles. The zero-order valence-electron chi connectivity index (χ0n) is 22.7. The molecule has 184 valence electrons. The summed E-state index contributed by atoms with van der Waals surface area (Å²) in [6.07, 6.45) is 2.11. The van der Waals surface area contributed by atoms with E-state index in [1.165, 1.54) is 22.3 Å². The van der Waals surface area contributed by atoms with E-state index in [1.54, 1.807) is 0 Å². The number of benzene rings is 2. The minimum absolute atomic E-state index is 0. The summed E-state index contributed by atoms with van der Waals surface area (Å²) in [5.41, 5.74) is 9.45. The standard InChI is InChI=1S/C29H41N2.Al.2H2O/c1-18(2)24-13-11-14-25(19(3)4)28(24)30-22(9)17-23(10)31-29-26(20(5)6)15-12-16-27(29)21(7)8;;;/h11-21H,1-10H3;;2*1H2/q-1;+3;;/p-2/b22-17+,31-23?;;;. The third-order valence-electron chi connectivity index (χ3n) is 5.68. The third kappa shape index (κ3) is 8.71. The fraction of sp³-hybridized carbons (Fsp3) is 0.483. The first-order valence-electron chi connectivity index (χ1n) is 11.7. The maximum absolute atomic E-state index is 5.08. The van der Waals surface area contributed by atoms with Crippen LogP contribution >= 0.6 is 0 Å². The molecular weight excluding hydrogens is 435 g/mol. The predicted octanol–water partition coefficient (Wildman–Crippen LogP) is 9.15. The van der Waals surface area contributed by atoms with E-state index in [0.29, 0.717) is 23.7 Å². The number of allylic oxidation sites excluding steroid dienone is 2. The molecule has 2 N–H and O–H groups in total. The predicted molar refractivity (Wildman–Crippen MR) is 148 cm³/mol. The van der Waals surface area contributed by atoms with Crippen molar-refractivity contribution in [2.75, 3.05) is 0 Å². The molecule has 0 aliphatic carbocycles. The van der Waals surface area contributed by atoms with Crippen molar-refractivity contribution in [1.29, 1.82) is 0 Å². The van der Waals surface area contributed by atoms with E-state index in [2.05, 4.69) is 112 Å². The molecule has 34 heavy (non-hydrogen) atoms. The van der Waals surface area contributed by atoms with E-state index in [4.69, 9.17) is 10.3 Å². The van der Waals surface area contributed by atoms with Gasteiger partial charge in [-0.05, 0) is 41.7 Å². The van der Waals surface area contributed by atoms with Crippen molar-refractivity contribution in [1.82, 2.24) is 0 Å². The van der Waals surface area contributed by atoms with Crippen molar-refractivity contribution in [2.45, 2.75) is 92.9 Å². The van der Waals surface area contributed by atoms with Crippen LogP contribution in [0.3, 0.4) is 0 Å². The van der Waals surface area contributed by atoms with Gasteiger partial charge in [0.1, 0.15) is 0 Å². The van der Waals surface area contributed by atoms with Crippen LogP contribution in [0.15, 0.2) is 53.2 Å². The molecule has 0 bridgehead atoms. The van der Waals surface area contributed by atoms with Gasteiger partial charge in [-0.1, -0.05) is 116 Å². The minimum Gasteiger partial charge on any atom is -0.870 e. The Bertz CT molecular complexity index is 908. The Balaban J connectivity index is 0. The SMILES string of the molecule is CC(/C=C(\C)[N-]c1c(C(C)C)cccc1C(C)C)=Nc1c(C(C)C)cccc1C(C)C.[Al+3].[OH-].[OH-]. The molecule has 0 radical (unpaired) electrons. The maximum atomic E-state index is 5.08. The molecule has 0 amide bonds. The Hall–Kier alpha value is -1.90. The van der Waals surface area contributed by atoms with Crippen LogP contribution in [0.5, 0.6) is 0 Å². The van der Waals surface area contributed by atoms with Crippen molar-refractivity contribution in [3.63, 3.8) is 0 Å². The topological polar surface area (TPSA) is 86.5 Å². The molecule has 2 aromatic rings. The van der Waals surface area contributed by atoms with Gasteiger partial charge in [0.15, 0.2) is 0 Å². The summed E-state index contributed by atoms with van der Waals surface area (Å²) in [5.74, 6) is 1.75. The number of hydrogen-bond acceptors (Lipinski definition) is 3. The van der Waals surface area contributed by atoms with Gasteiger partial charge in [-0.3, -0.25) is 4.99 Å². The van der Waals surface area contributed by atoms with Gasteiger partial charge in [0.25, 0.3) is 0 Å². The number of para-hydroxylation sites is 2. The summed E-state index contributed by atoms with van der Waals surface area (Å²) in [6.45, 7) is 22.1. The molecule has 4 nitrogen and oxygen atoms in total. The Morgan fingerprint density at radius 2 is 1.03 bits per heavy atom. The normalized spacial score (nSPS) is 11.9. The zero-order valence-corrected chi connectivity index (χ0v) is 23.9. The second-order valence-corrected chi connectivity index (χ2v) is 9.84. The van der Waals surface area contributed by atoms with Crippen LogP contribution in [-0.2, 0) is 0 Å². The number of aliphatic imine (C=N–C) groups is 1. The first kappa shape index (κ1) is 34.3. The Kier molecular flexibility index (Phi) is 15.3. The molecule has 0 unspecified atom stereocenters. The van der Waals surface area contributed by atoms with E-state index in [9.17, 15) is 0 Å². The molecule has 0 aliphatic rings. The van der Waals surface area contributed by atoms with E-state index < -0.39 is 0 Å². The summed E-state index contributed by atoms with van der Waals surface area (Å²) >= 11 is 0. The molecule has 5 heteroatoms. The van der Waals surface area contributed by atoms with Crippen LogP contribution in [0.2, 0.25) is 0 Å². The van der Waals surface area contributed by atoms with E-state index in [-0.39, 0.29) is 28.3 Å². The molecule has 0 atom stereocenters. The van der Waals surface area contributed by atoms with E-state index in [0.717, 1.165) is 22.8 Å². The molecule has 0 spiro atoms. The van der Waals surface area contributed by atoms with Crippen LogP contribution in [0, 0.1) is 0 Å². The quantitative estimate of drug-likeness (QED) is 0.280. The summed E-state index contributed by atoms with van der Waals surface area (Å²) in [4.78, 5) is 5.08. The monoisotopic (exact) mass is 478 g/mol. The fourth-order valence-electron chi connectivity index (χ4n) is 4.00. The molecule has 0 saturated carbocycles. The zero-order chi connectivity index (χ0) is 23.3. The van der Waals surface area contributed by atoms with E-state index >= 15 is 0 Å². The van der Waals surface area contributed by atoms with Crippen molar-refractivity contribution >= 4 is 34.4 Å². The van der Waals surface area contributed by atoms with Crippen molar-refractivity contribution < 1.29 is 11.0 Å². The van der Waals surface area contributed by atoms with Gasteiger partial charge in [-0.15, -0.1) is 5.69 Å². The van der Waals surface area contributed by atoms with Crippen LogP contribution in [-0.4, -0.2) is 34.0 Å². The second kappa shape index (κ2) is 15.2. The van der Waals surface area contributed by atoms with Crippen LogP contribution in [0.1, 0.15) is 115 Å². The third-order valence-corrected chi connectivity index (χ3v) is 5.68. The molecule has 2 rings (SSSR count). The first-order chi connectivity index (χ1) is 14.5. The van der Waals surface area contributed by atoms with Gasteiger partial charge >= 0.3 is 17.4 Å². The van der Waals surface area contributed by atoms with Gasteiger partial charge in [0.05, 0.1) is 5.69 Å². The molecule has 0 aromatic heterocycles. The average Bonchev–Trinajstić information content (AvgIpc) is 2.67. The van der Waals surface area contributed by atoms with Crippen LogP contribution in [0.4, 0.5) is 11.4 Å². The maximum Gasteiger partial charge on any atom is 3.00 e. The average molecular weight is 479 g/mol. The molecule has 0 aliphatic heterocycles. The minimum atomic E-state index is 0. The smallest absolute Gasteiger partial charge is 0.870 e. The van der Waals surface area contributed by atoms with Crippen molar-refractivity contribution in [3.8, 4) is 0 Å². The second-order valence-electron chi connectivity index (χ2n) is 9.84. The Morgan fingerprint density at radius 3 is 1.38 bits per heavy atom. The Morgan fingerprint density at radius 1 is 0.676 bits per heavy atom. The number of hydrogen-bond donors (Lipinski definition) is 0. The van der Waals surface area contributed by atoms with Gasteiger partial charge < -0.3 is 16.3 Å². The molecule has 0 fully saturated rings. The largest absolute Gasteiger partial charge is 3.00 e.